The maximum Gasteiger partial charge on any atom is 0.237 e. The highest BCUT2D eigenvalue weighted by Gasteiger charge is 2.21. The predicted octanol–water partition coefficient (Wildman–Crippen LogP) is 4.20. The first-order chi connectivity index (χ1) is 12.6. The third kappa shape index (κ3) is 5.05. The van der Waals surface area contributed by atoms with Crippen molar-refractivity contribution in [1.29, 1.82) is 0 Å². The van der Waals surface area contributed by atoms with E-state index in [0.29, 0.717) is 5.75 Å². The van der Waals surface area contributed by atoms with Gasteiger partial charge in [-0.2, -0.15) is 0 Å². The first-order valence-electron chi connectivity index (χ1n) is 8.60. The van der Waals surface area contributed by atoms with Crippen LogP contribution in [0.2, 0.25) is 0 Å². The summed E-state index contributed by atoms with van der Waals surface area (Å²) in [5, 5.41) is 2.86. The summed E-state index contributed by atoms with van der Waals surface area (Å²) >= 11 is 3.15. The molecule has 0 aromatic heterocycles. The Morgan fingerprint density at radius 3 is 2.69 bits per heavy atom. The number of nitrogens with zero attached hydrogens (tertiary/aromatic N) is 1. The zero-order valence-electron chi connectivity index (χ0n) is 14.7. The number of nitrogens with one attached hydrogen (secondary N) is 1. The normalized spacial score (nSPS) is 13.7. The summed E-state index contributed by atoms with van der Waals surface area (Å²) in [6.45, 7) is 2.74. The highest BCUT2D eigenvalue weighted by molar-refractivity contribution is 8.00. The molecule has 2 amide bonds. The molecular weight excluding hydrogens is 364 g/mol. The fourth-order valence-corrected chi connectivity index (χ4v) is 4.41. The molecule has 0 saturated heterocycles. The SMILES string of the molecule is Cc1ccc(NC(=O)CSCC(=O)N2CCCSc3ccccc32)cc1. The molecule has 0 aliphatic carbocycles. The summed E-state index contributed by atoms with van der Waals surface area (Å²) < 4.78 is 0. The van der Waals surface area contributed by atoms with Crippen LogP contribution < -0.4 is 10.2 Å². The number of aryl methyl sites for hydroxylation is 1. The third-order valence-corrected chi connectivity index (χ3v) is 6.10. The number of benzene rings is 2. The van der Waals surface area contributed by atoms with Crippen molar-refractivity contribution in [3.63, 3.8) is 0 Å². The lowest BCUT2D eigenvalue weighted by Crippen LogP contribution is -2.33. The number of carbonyl (C=O) groups is 2. The number of anilines is 2. The maximum atomic E-state index is 12.7. The minimum Gasteiger partial charge on any atom is -0.325 e. The van der Waals surface area contributed by atoms with Gasteiger partial charge in [-0.05, 0) is 43.4 Å². The fourth-order valence-electron chi connectivity index (χ4n) is 2.73. The van der Waals surface area contributed by atoms with Crippen LogP contribution in [0.4, 0.5) is 11.4 Å². The average Bonchev–Trinajstić information content (AvgIpc) is 2.86. The quantitative estimate of drug-likeness (QED) is 0.837. The van der Waals surface area contributed by atoms with Crippen molar-refractivity contribution < 1.29 is 9.59 Å². The Hall–Kier alpha value is -1.92. The minimum absolute atomic E-state index is 0.0630. The summed E-state index contributed by atoms with van der Waals surface area (Å²) in [6, 6.07) is 15.7. The van der Waals surface area contributed by atoms with E-state index in [2.05, 4.69) is 11.4 Å². The van der Waals surface area contributed by atoms with E-state index in [1.165, 1.54) is 11.8 Å². The van der Waals surface area contributed by atoms with Crippen molar-refractivity contribution in [2.24, 2.45) is 0 Å². The monoisotopic (exact) mass is 386 g/mol. The van der Waals surface area contributed by atoms with Gasteiger partial charge in [-0.25, -0.2) is 0 Å². The summed E-state index contributed by atoms with van der Waals surface area (Å²) in [7, 11) is 0. The summed E-state index contributed by atoms with van der Waals surface area (Å²) in [5.74, 6) is 1.57. The lowest BCUT2D eigenvalue weighted by atomic mass is 10.2. The largest absolute Gasteiger partial charge is 0.325 e. The van der Waals surface area contributed by atoms with E-state index in [0.717, 1.165) is 40.6 Å². The molecule has 26 heavy (non-hydrogen) atoms. The van der Waals surface area contributed by atoms with Crippen molar-refractivity contribution in [3.05, 3.63) is 54.1 Å². The number of amides is 2. The van der Waals surface area contributed by atoms with Crippen molar-refractivity contribution in [3.8, 4) is 0 Å². The second kappa shape index (κ2) is 9.14. The van der Waals surface area contributed by atoms with Crippen molar-refractivity contribution in [2.45, 2.75) is 18.2 Å². The van der Waals surface area contributed by atoms with Gasteiger partial charge < -0.3 is 10.2 Å². The molecule has 0 fully saturated rings. The van der Waals surface area contributed by atoms with E-state index < -0.39 is 0 Å². The molecule has 0 unspecified atom stereocenters. The number of carbonyl (C=O) groups excluding carboxylic acids is 2. The van der Waals surface area contributed by atoms with Gasteiger partial charge in [0.05, 0.1) is 17.2 Å². The van der Waals surface area contributed by atoms with Gasteiger partial charge in [0.1, 0.15) is 0 Å². The van der Waals surface area contributed by atoms with Gasteiger partial charge in [0.2, 0.25) is 11.8 Å². The minimum atomic E-state index is -0.0847. The van der Waals surface area contributed by atoms with Gasteiger partial charge in [-0.3, -0.25) is 9.59 Å². The number of thioether (sulfide) groups is 2. The molecular formula is C20H22N2O2S2. The van der Waals surface area contributed by atoms with Crippen molar-refractivity contribution >= 4 is 46.7 Å². The molecule has 4 nitrogen and oxygen atoms in total. The molecule has 1 aliphatic rings. The molecule has 0 bridgehead atoms. The van der Waals surface area contributed by atoms with Crippen LogP contribution in [0.1, 0.15) is 12.0 Å². The topological polar surface area (TPSA) is 49.4 Å². The number of rotatable bonds is 5. The van der Waals surface area contributed by atoms with E-state index in [1.54, 1.807) is 11.8 Å². The first kappa shape index (κ1) is 18.9. The van der Waals surface area contributed by atoms with Crippen LogP contribution in [0.15, 0.2) is 53.4 Å². The zero-order valence-corrected chi connectivity index (χ0v) is 16.4. The van der Waals surface area contributed by atoms with Gasteiger partial charge in [-0.15, -0.1) is 23.5 Å². The van der Waals surface area contributed by atoms with Crippen molar-refractivity contribution in [1.82, 2.24) is 0 Å². The van der Waals surface area contributed by atoms with E-state index in [4.69, 9.17) is 0 Å². The van der Waals surface area contributed by atoms with Gasteiger partial charge >= 0.3 is 0 Å². The zero-order chi connectivity index (χ0) is 18.4. The van der Waals surface area contributed by atoms with Crippen LogP contribution in [0.3, 0.4) is 0 Å². The smallest absolute Gasteiger partial charge is 0.237 e. The second-order valence-corrected chi connectivity index (χ2v) is 8.24. The van der Waals surface area contributed by atoms with Gasteiger partial charge in [0, 0.05) is 17.1 Å². The first-order valence-corrected chi connectivity index (χ1v) is 10.7. The molecule has 1 aliphatic heterocycles. The van der Waals surface area contributed by atoms with Crippen LogP contribution >= 0.6 is 23.5 Å². The van der Waals surface area contributed by atoms with E-state index in [-0.39, 0.29) is 17.6 Å². The number of hydrogen-bond donors (Lipinski definition) is 1. The Bertz CT molecular complexity index is 778. The Kier molecular flexibility index (Phi) is 6.63. The molecule has 2 aromatic carbocycles. The highest BCUT2D eigenvalue weighted by atomic mass is 32.2. The molecule has 0 spiro atoms. The molecule has 1 N–H and O–H groups in total. The van der Waals surface area contributed by atoms with E-state index in [9.17, 15) is 9.59 Å². The Morgan fingerprint density at radius 2 is 1.88 bits per heavy atom. The number of fused-ring (bicyclic) bond motifs is 1. The number of hydrogen-bond acceptors (Lipinski definition) is 4. The molecule has 1 heterocycles. The van der Waals surface area contributed by atoms with Crippen LogP contribution in [-0.2, 0) is 9.59 Å². The average molecular weight is 387 g/mol. The molecule has 2 aromatic rings. The fraction of sp³-hybridized carbons (Fsp3) is 0.300. The second-order valence-electron chi connectivity index (χ2n) is 6.12. The molecule has 3 rings (SSSR count). The lowest BCUT2D eigenvalue weighted by Gasteiger charge is -2.22. The lowest BCUT2D eigenvalue weighted by molar-refractivity contribution is -0.116. The van der Waals surface area contributed by atoms with E-state index >= 15 is 0 Å². The maximum absolute atomic E-state index is 12.7. The number of para-hydroxylation sites is 1. The van der Waals surface area contributed by atoms with Gasteiger partial charge in [0.25, 0.3) is 0 Å². The molecule has 0 radical (unpaired) electrons. The highest BCUT2D eigenvalue weighted by Crippen LogP contribution is 2.33. The Labute approximate surface area is 162 Å². The Morgan fingerprint density at radius 1 is 1.12 bits per heavy atom. The predicted molar refractivity (Wildman–Crippen MR) is 111 cm³/mol. The van der Waals surface area contributed by atoms with E-state index in [1.807, 2.05) is 54.3 Å². The van der Waals surface area contributed by atoms with Crippen molar-refractivity contribution in [2.75, 3.05) is 34.0 Å². The molecule has 6 heteroatoms. The van der Waals surface area contributed by atoms with Crippen LogP contribution in [0, 0.1) is 6.92 Å². The third-order valence-electron chi connectivity index (χ3n) is 4.03. The summed E-state index contributed by atoms with van der Waals surface area (Å²) in [5.41, 5.74) is 2.93. The molecule has 0 saturated carbocycles. The molecule has 136 valence electrons. The van der Waals surface area contributed by atoms with Crippen LogP contribution in [0.25, 0.3) is 0 Å². The van der Waals surface area contributed by atoms with Crippen LogP contribution in [-0.4, -0.2) is 35.6 Å². The summed E-state index contributed by atoms with van der Waals surface area (Å²) in [6.07, 6.45) is 0.976. The van der Waals surface area contributed by atoms with Gasteiger partial charge in [-0.1, -0.05) is 29.8 Å². The summed E-state index contributed by atoms with van der Waals surface area (Å²) in [4.78, 5) is 27.7. The van der Waals surface area contributed by atoms with Gasteiger partial charge in [0.15, 0.2) is 0 Å². The molecule has 0 atom stereocenters. The van der Waals surface area contributed by atoms with Crippen LogP contribution in [0.5, 0.6) is 0 Å². The standard InChI is InChI=1S/C20H22N2O2S2/c1-15-7-9-16(10-8-15)21-19(23)13-25-14-20(24)22-11-4-12-26-18-6-3-2-5-17(18)22/h2-3,5-10H,4,11-14H2,1H3,(H,21,23). The Balaban J connectivity index is 1.51.